The fourth-order valence-corrected chi connectivity index (χ4v) is 3.48. The lowest BCUT2D eigenvalue weighted by molar-refractivity contribution is -0.387. The van der Waals surface area contributed by atoms with E-state index in [2.05, 4.69) is 5.10 Å². The largest absolute Gasteiger partial charge is 0.383 e. The highest BCUT2D eigenvalue weighted by molar-refractivity contribution is 5.71. The van der Waals surface area contributed by atoms with Crippen LogP contribution >= 0.6 is 0 Å². The zero-order valence-corrected chi connectivity index (χ0v) is 19.0. The maximum absolute atomic E-state index is 13.9. The van der Waals surface area contributed by atoms with Gasteiger partial charge in [0.05, 0.1) is 30.8 Å². The number of nitrogens with zero attached hydrogens (tertiary/aromatic N) is 5. The van der Waals surface area contributed by atoms with E-state index in [4.69, 9.17) is 4.74 Å². The summed E-state index contributed by atoms with van der Waals surface area (Å²) >= 11 is 0. The molecule has 34 heavy (non-hydrogen) atoms. The number of hydrogen-bond acceptors (Lipinski definition) is 6. The molecule has 0 radical (unpaired) electrons. The van der Waals surface area contributed by atoms with Crippen molar-refractivity contribution in [2.24, 2.45) is 0 Å². The third-order valence-corrected chi connectivity index (χ3v) is 5.26. The van der Waals surface area contributed by atoms with Crippen molar-refractivity contribution >= 4 is 17.8 Å². The molecular formula is C23H26FN5O5. The molecule has 0 N–H and O–H groups in total. The van der Waals surface area contributed by atoms with Crippen molar-refractivity contribution in [1.82, 2.24) is 18.9 Å². The number of ether oxygens (including phenoxy) is 1. The van der Waals surface area contributed by atoms with Gasteiger partial charge in [0.2, 0.25) is 0 Å². The first-order valence-electron chi connectivity index (χ1n) is 10.8. The molecule has 2 aromatic heterocycles. The molecule has 0 aliphatic rings. The molecule has 1 aromatic carbocycles. The Labute approximate surface area is 194 Å². The van der Waals surface area contributed by atoms with Gasteiger partial charge in [0.15, 0.2) is 0 Å². The summed E-state index contributed by atoms with van der Waals surface area (Å²) in [7, 11) is 1.45. The van der Waals surface area contributed by atoms with Crippen LogP contribution in [0.2, 0.25) is 0 Å². The predicted octanol–water partition coefficient (Wildman–Crippen LogP) is 2.92. The van der Waals surface area contributed by atoms with E-state index in [1.807, 2.05) is 6.92 Å². The van der Waals surface area contributed by atoms with Crippen LogP contribution in [-0.4, -0.2) is 37.6 Å². The Bertz CT molecular complexity index is 1310. The smallest absolute Gasteiger partial charge is 0.357 e. The Balaban J connectivity index is 2.02. The minimum absolute atomic E-state index is 0.0365. The van der Waals surface area contributed by atoms with Crippen LogP contribution in [0.15, 0.2) is 46.2 Å². The second kappa shape index (κ2) is 11.3. The van der Waals surface area contributed by atoms with Crippen LogP contribution in [-0.2, 0) is 24.4 Å². The van der Waals surface area contributed by atoms with Gasteiger partial charge in [0, 0.05) is 31.0 Å². The van der Waals surface area contributed by atoms with Gasteiger partial charge in [-0.05, 0) is 24.6 Å². The number of unbranched alkanes of at least 4 members (excludes halogenated alkanes) is 1. The first kappa shape index (κ1) is 24.8. The highest BCUT2D eigenvalue weighted by Crippen LogP contribution is 2.17. The summed E-state index contributed by atoms with van der Waals surface area (Å²) in [5, 5.41) is 16.0. The van der Waals surface area contributed by atoms with Crippen molar-refractivity contribution in [2.45, 2.75) is 39.4 Å². The highest BCUT2D eigenvalue weighted by atomic mass is 19.1. The molecule has 0 atom stereocenters. The number of rotatable bonds is 11. The van der Waals surface area contributed by atoms with Gasteiger partial charge in [-0.2, -0.15) is 5.10 Å². The van der Waals surface area contributed by atoms with Crippen LogP contribution in [0.25, 0.3) is 12.2 Å². The van der Waals surface area contributed by atoms with E-state index < -0.39 is 21.9 Å². The minimum Gasteiger partial charge on any atom is -0.383 e. The van der Waals surface area contributed by atoms with Crippen molar-refractivity contribution in [3.63, 3.8) is 0 Å². The molecule has 0 bridgehead atoms. The molecular weight excluding hydrogens is 445 g/mol. The molecule has 0 saturated carbocycles. The first-order chi connectivity index (χ1) is 16.4. The summed E-state index contributed by atoms with van der Waals surface area (Å²) < 4.78 is 22.6. The Morgan fingerprint density at radius 1 is 1.18 bits per heavy atom. The molecule has 0 fully saturated rings. The van der Waals surface area contributed by atoms with E-state index in [1.54, 1.807) is 24.4 Å². The third-order valence-electron chi connectivity index (χ3n) is 5.26. The number of aromatic nitrogens is 4. The van der Waals surface area contributed by atoms with Gasteiger partial charge < -0.3 is 4.74 Å². The molecule has 3 aromatic rings. The molecule has 0 spiro atoms. The molecule has 0 saturated heterocycles. The standard InChI is InChI=1S/C23H26FN5O5/c1-3-4-11-28-22(30)21(29(32)33)20(27(23(28)31)12-13-34-2)10-9-17-14-25-26(15-17)16-18-7-5-6-8-19(18)24/h5-10,14-15H,3-4,11-13,16H2,1-2H3/b10-9+. The second-order valence-corrected chi connectivity index (χ2v) is 7.62. The number of hydrogen-bond donors (Lipinski definition) is 0. The lowest BCUT2D eigenvalue weighted by Gasteiger charge is -2.13. The number of nitro groups is 1. The third kappa shape index (κ3) is 5.54. The molecule has 0 aliphatic heterocycles. The van der Waals surface area contributed by atoms with Gasteiger partial charge in [0.1, 0.15) is 11.5 Å². The summed E-state index contributed by atoms with van der Waals surface area (Å²) in [6, 6.07) is 6.34. The Kier molecular flexibility index (Phi) is 8.25. The normalized spacial score (nSPS) is 11.4. The van der Waals surface area contributed by atoms with Crippen LogP contribution in [0, 0.1) is 15.9 Å². The summed E-state index contributed by atoms with van der Waals surface area (Å²) in [5.74, 6) is -0.350. The Hall–Kier alpha value is -3.86. The van der Waals surface area contributed by atoms with Crippen LogP contribution in [0.3, 0.4) is 0 Å². The number of benzene rings is 1. The second-order valence-electron chi connectivity index (χ2n) is 7.62. The van der Waals surface area contributed by atoms with E-state index in [0.29, 0.717) is 17.5 Å². The summed E-state index contributed by atoms with van der Waals surface area (Å²) in [5.41, 5.74) is -1.34. The first-order valence-corrected chi connectivity index (χ1v) is 10.8. The Morgan fingerprint density at radius 2 is 1.94 bits per heavy atom. The van der Waals surface area contributed by atoms with E-state index >= 15 is 0 Å². The monoisotopic (exact) mass is 471 g/mol. The van der Waals surface area contributed by atoms with Crippen molar-refractivity contribution < 1.29 is 14.1 Å². The molecule has 0 aliphatic carbocycles. The van der Waals surface area contributed by atoms with Gasteiger partial charge in [-0.15, -0.1) is 0 Å². The zero-order chi connectivity index (χ0) is 24.7. The quantitative estimate of drug-likeness (QED) is 0.314. The summed E-state index contributed by atoms with van der Waals surface area (Å²) in [6.07, 6.45) is 7.26. The average Bonchev–Trinajstić information content (AvgIpc) is 3.25. The van der Waals surface area contributed by atoms with E-state index in [-0.39, 0.29) is 37.8 Å². The van der Waals surface area contributed by atoms with Crippen molar-refractivity contribution in [2.75, 3.05) is 13.7 Å². The summed E-state index contributed by atoms with van der Waals surface area (Å²) in [6.45, 7) is 2.35. The molecule has 0 unspecified atom stereocenters. The molecule has 0 amide bonds. The SMILES string of the molecule is CCCCn1c(=O)c([N+](=O)[O-])c(/C=C/c2cnn(Cc3ccccc3F)c2)n(CCOC)c1=O. The number of methoxy groups -OCH3 is 1. The lowest BCUT2D eigenvalue weighted by atomic mass is 10.2. The maximum atomic E-state index is 13.9. The maximum Gasteiger partial charge on any atom is 0.357 e. The summed E-state index contributed by atoms with van der Waals surface area (Å²) in [4.78, 5) is 36.9. The van der Waals surface area contributed by atoms with E-state index in [9.17, 15) is 24.1 Å². The van der Waals surface area contributed by atoms with Crippen LogP contribution in [0.1, 0.15) is 36.6 Å². The Morgan fingerprint density at radius 3 is 2.62 bits per heavy atom. The predicted molar refractivity (Wildman–Crippen MR) is 125 cm³/mol. The van der Waals surface area contributed by atoms with Gasteiger partial charge in [-0.1, -0.05) is 31.5 Å². The average molecular weight is 471 g/mol. The lowest BCUT2D eigenvalue weighted by Crippen LogP contribution is -2.42. The molecule has 2 heterocycles. The van der Waals surface area contributed by atoms with Gasteiger partial charge in [0.25, 0.3) is 0 Å². The fraction of sp³-hybridized carbons (Fsp3) is 0.348. The number of halogens is 1. The van der Waals surface area contributed by atoms with E-state index in [1.165, 1.54) is 40.8 Å². The fourth-order valence-electron chi connectivity index (χ4n) is 3.48. The molecule has 10 nitrogen and oxygen atoms in total. The van der Waals surface area contributed by atoms with Gasteiger partial charge in [-0.25, -0.2) is 9.18 Å². The zero-order valence-electron chi connectivity index (χ0n) is 19.0. The molecule has 180 valence electrons. The van der Waals surface area contributed by atoms with Crippen LogP contribution in [0.4, 0.5) is 10.1 Å². The van der Waals surface area contributed by atoms with Gasteiger partial charge >= 0.3 is 16.9 Å². The van der Waals surface area contributed by atoms with Crippen LogP contribution in [0.5, 0.6) is 0 Å². The highest BCUT2D eigenvalue weighted by Gasteiger charge is 2.26. The van der Waals surface area contributed by atoms with E-state index in [0.717, 1.165) is 11.0 Å². The molecule has 11 heteroatoms. The minimum atomic E-state index is -0.938. The van der Waals surface area contributed by atoms with Crippen molar-refractivity contribution in [1.29, 1.82) is 0 Å². The van der Waals surface area contributed by atoms with Crippen molar-refractivity contribution in [3.8, 4) is 0 Å². The van der Waals surface area contributed by atoms with Gasteiger partial charge in [-0.3, -0.25) is 28.7 Å². The topological polar surface area (TPSA) is 114 Å². The molecule has 3 rings (SSSR count). The van der Waals surface area contributed by atoms with Crippen molar-refractivity contribution in [3.05, 3.63) is 90.2 Å². The van der Waals surface area contributed by atoms with Crippen LogP contribution < -0.4 is 11.2 Å².